The lowest BCUT2D eigenvalue weighted by atomic mass is 10.1. The van der Waals surface area contributed by atoms with Crippen molar-refractivity contribution < 1.29 is 13.2 Å². The van der Waals surface area contributed by atoms with Gasteiger partial charge in [0.1, 0.15) is 0 Å². The molecule has 1 unspecified atom stereocenters. The summed E-state index contributed by atoms with van der Waals surface area (Å²) in [5.74, 6) is -0.336. The number of sulfonamides is 1. The number of carbonyl (C=O) groups is 1. The molecule has 2 aromatic rings. The van der Waals surface area contributed by atoms with Crippen LogP contribution in [-0.4, -0.2) is 26.9 Å². The quantitative estimate of drug-likeness (QED) is 0.689. The monoisotopic (exact) mass is 373 g/mol. The highest BCUT2D eigenvalue weighted by Crippen LogP contribution is 2.23. The van der Waals surface area contributed by atoms with E-state index in [-0.39, 0.29) is 29.4 Å². The lowest BCUT2D eigenvalue weighted by Crippen LogP contribution is -2.32. The van der Waals surface area contributed by atoms with Crippen molar-refractivity contribution in [1.29, 1.82) is 0 Å². The second-order valence-electron chi connectivity index (χ2n) is 6.60. The Hall–Kier alpha value is -2.22. The molecule has 3 rings (SSSR count). The Kier molecular flexibility index (Phi) is 5.41. The summed E-state index contributed by atoms with van der Waals surface area (Å²) in [6.07, 6.45) is 1.71. The summed E-state index contributed by atoms with van der Waals surface area (Å²) in [7, 11) is -3.60. The van der Waals surface area contributed by atoms with E-state index in [0.717, 1.165) is 18.4 Å². The minimum absolute atomic E-state index is 0.0162. The molecule has 4 N–H and O–H groups in total. The highest BCUT2D eigenvalue weighted by molar-refractivity contribution is 7.89. The van der Waals surface area contributed by atoms with E-state index in [0.29, 0.717) is 11.1 Å². The molecule has 0 spiro atoms. The van der Waals surface area contributed by atoms with E-state index in [4.69, 9.17) is 5.73 Å². The van der Waals surface area contributed by atoms with E-state index in [1.807, 2.05) is 30.3 Å². The lowest BCUT2D eigenvalue weighted by Gasteiger charge is -2.15. The van der Waals surface area contributed by atoms with Crippen molar-refractivity contribution >= 4 is 15.9 Å². The maximum atomic E-state index is 12.5. The molecule has 1 saturated carbocycles. The molecular weight excluding hydrogens is 350 g/mol. The van der Waals surface area contributed by atoms with Crippen molar-refractivity contribution in [3.8, 4) is 0 Å². The number of rotatable bonds is 7. The molecule has 1 fully saturated rings. The molecule has 0 aliphatic heterocycles. The van der Waals surface area contributed by atoms with Crippen LogP contribution in [0.5, 0.6) is 0 Å². The van der Waals surface area contributed by atoms with Crippen LogP contribution in [0.1, 0.15) is 40.4 Å². The zero-order valence-electron chi connectivity index (χ0n) is 14.6. The number of hydrogen-bond acceptors (Lipinski definition) is 4. The molecule has 26 heavy (non-hydrogen) atoms. The second kappa shape index (κ2) is 7.57. The molecule has 0 aromatic heterocycles. The summed E-state index contributed by atoms with van der Waals surface area (Å²) >= 11 is 0. The minimum atomic E-state index is -3.60. The number of hydrogen-bond donors (Lipinski definition) is 3. The van der Waals surface area contributed by atoms with Crippen LogP contribution in [0.2, 0.25) is 0 Å². The average molecular weight is 373 g/mol. The van der Waals surface area contributed by atoms with Crippen LogP contribution < -0.4 is 15.8 Å². The number of amides is 1. The number of benzene rings is 2. The van der Waals surface area contributed by atoms with Crippen LogP contribution in [-0.2, 0) is 10.0 Å². The number of nitrogens with one attached hydrogen (secondary N) is 2. The molecular formula is C19H23N3O3S. The zero-order valence-corrected chi connectivity index (χ0v) is 15.4. The molecule has 0 bridgehead atoms. The largest absolute Gasteiger partial charge is 0.350 e. The Bertz CT molecular complexity index is 894. The van der Waals surface area contributed by atoms with Gasteiger partial charge in [-0.15, -0.1) is 0 Å². The highest BCUT2D eigenvalue weighted by Gasteiger charge is 2.28. The molecule has 6 nitrogen and oxygen atoms in total. The van der Waals surface area contributed by atoms with Gasteiger partial charge in [-0.1, -0.05) is 36.4 Å². The van der Waals surface area contributed by atoms with Crippen molar-refractivity contribution in [2.75, 3.05) is 6.54 Å². The summed E-state index contributed by atoms with van der Waals surface area (Å²) in [5.41, 5.74) is 8.07. The van der Waals surface area contributed by atoms with Gasteiger partial charge in [-0.2, -0.15) is 0 Å². The van der Waals surface area contributed by atoms with Crippen molar-refractivity contribution in [2.24, 2.45) is 5.73 Å². The molecule has 2 aromatic carbocycles. The Labute approximate surface area is 153 Å². The normalized spacial score (nSPS) is 15.5. The molecule has 1 aliphatic rings. The van der Waals surface area contributed by atoms with Gasteiger partial charge in [0.2, 0.25) is 10.0 Å². The lowest BCUT2D eigenvalue weighted by molar-refractivity contribution is 0.0950. The first-order chi connectivity index (χ1) is 12.4. The highest BCUT2D eigenvalue weighted by atomic mass is 32.2. The summed E-state index contributed by atoms with van der Waals surface area (Å²) in [6.45, 7) is 2.04. The summed E-state index contributed by atoms with van der Waals surface area (Å²) < 4.78 is 27.3. The van der Waals surface area contributed by atoms with Crippen LogP contribution in [0.15, 0.2) is 53.4 Å². The van der Waals surface area contributed by atoms with E-state index in [1.54, 1.807) is 13.0 Å². The first kappa shape index (κ1) is 18.6. The minimum Gasteiger partial charge on any atom is -0.350 e. The predicted molar refractivity (Wildman–Crippen MR) is 100 cm³/mol. The van der Waals surface area contributed by atoms with Gasteiger partial charge in [-0.25, -0.2) is 13.1 Å². The third-order valence-corrected chi connectivity index (χ3v) is 5.89. The predicted octanol–water partition coefficient (Wildman–Crippen LogP) is 1.87. The average Bonchev–Trinajstić information content (AvgIpc) is 3.43. The van der Waals surface area contributed by atoms with Crippen molar-refractivity contribution in [1.82, 2.24) is 10.0 Å². The number of nitrogens with two attached hydrogens (primary N) is 1. The summed E-state index contributed by atoms with van der Waals surface area (Å²) in [6, 6.07) is 13.8. The van der Waals surface area contributed by atoms with E-state index in [1.165, 1.54) is 12.1 Å². The van der Waals surface area contributed by atoms with Gasteiger partial charge < -0.3 is 11.1 Å². The Morgan fingerprint density at radius 3 is 2.54 bits per heavy atom. The number of carbonyl (C=O) groups excluding carboxylic acids is 1. The van der Waals surface area contributed by atoms with Crippen molar-refractivity contribution in [3.05, 3.63) is 65.2 Å². The summed E-state index contributed by atoms with van der Waals surface area (Å²) in [4.78, 5) is 12.6. The van der Waals surface area contributed by atoms with E-state index in [9.17, 15) is 13.2 Å². The Morgan fingerprint density at radius 1 is 1.19 bits per heavy atom. The van der Waals surface area contributed by atoms with E-state index < -0.39 is 10.0 Å². The second-order valence-corrected chi connectivity index (χ2v) is 8.31. The van der Waals surface area contributed by atoms with E-state index >= 15 is 0 Å². The van der Waals surface area contributed by atoms with Crippen LogP contribution >= 0.6 is 0 Å². The third-order valence-electron chi connectivity index (χ3n) is 4.37. The van der Waals surface area contributed by atoms with Gasteiger partial charge in [0.25, 0.3) is 5.91 Å². The number of aryl methyl sites for hydroxylation is 1. The standard InChI is InChI=1S/C19H23N3O3S/c1-13-7-10-16(26(24,25)22-15-8-9-15)11-17(13)19(23)21-12-18(20)14-5-3-2-4-6-14/h2-7,10-11,15,18,22H,8-9,12,20H2,1H3,(H,21,23). The van der Waals surface area contributed by atoms with E-state index in [2.05, 4.69) is 10.0 Å². The first-order valence-corrected chi connectivity index (χ1v) is 10.1. The van der Waals surface area contributed by atoms with Crippen molar-refractivity contribution in [2.45, 2.75) is 36.7 Å². The van der Waals surface area contributed by atoms with Gasteiger partial charge in [0.15, 0.2) is 0 Å². The molecule has 0 radical (unpaired) electrons. The molecule has 7 heteroatoms. The van der Waals surface area contributed by atoms with Gasteiger partial charge in [-0.3, -0.25) is 4.79 Å². The fraction of sp³-hybridized carbons (Fsp3) is 0.316. The molecule has 0 saturated heterocycles. The zero-order chi connectivity index (χ0) is 18.7. The molecule has 138 valence electrons. The maximum absolute atomic E-state index is 12.5. The molecule has 1 amide bonds. The van der Waals surface area contributed by atoms with Gasteiger partial charge >= 0.3 is 0 Å². The van der Waals surface area contributed by atoms with Crippen LogP contribution in [0.3, 0.4) is 0 Å². The smallest absolute Gasteiger partial charge is 0.251 e. The van der Waals surface area contributed by atoms with Crippen LogP contribution in [0, 0.1) is 6.92 Å². The topological polar surface area (TPSA) is 101 Å². The van der Waals surface area contributed by atoms with Crippen LogP contribution in [0.25, 0.3) is 0 Å². The first-order valence-electron chi connectivity index (χ1n) is 8.58. The maximum Gasteiger partial charge on any atom is 0.251 e. The molecule has 1 aliphatic carbocycles. The Morgan fingerprint density at radius 2 is 1.88 bits per heavy atom. The Balaban J connectivity index is 1.71. The fourth-order valence-corrected chi connectivity index (χ4v) is 3.95. The van der Waals surface area contributed by atoms with Crippen molar-refractivity contribution in [3.63, 3.8) is 0 Å². The molecule has 0 heterocycles. The van der Waals surface area contributed by atoms with Crippen LogP contribution in [0.4, 0.5) is 0 Å². The van der Waals surface area contributed by atoms with Gasteiger partial charge in [0.05, 0.1) is 4.90 Å². The van der Waals surface area contributed by atoms with Gasteiger partial charge in [0, 0.05) is 24.2 Å². The molecule has 1 atom stereocenters. The van der Waals surface area contributed by atoms with Gasteiger partial charge in [-0.05, 0) is 43.0 Å². The SMILES string of the molecule is Cc1ccc(S(=O)(=O)NC2CC2)cc1C(=O)NCC(N)c1ccccc1. The fourth-order valence-electron chi connectivity index (χ4n) is 2.62. The summed E-state index contributed by atoms with van der Waals surface area (Å²) in [5, 5.41) is 2.79. The third kappa shape index (κ3) is 4.49.